The standard InChI is InChI=1S/C20H19NO5S/c22-18(23)8-2-1-5-11-26-16-10-9-13(14-6-3-4-7-15(14)16)12-17-19(24)21-20(25)27-17/h3-4,6-7,9-10,12H,1-2,5,8,11H2,(H,22,23)(H,21,24,25). The number of carbonyl (C=O) groups excluding carboxylic acids is 2. The number of carboxylic acids is 1. The number of aliphatic carboxylic acids is 1. The van der Waals surface area contributed by atoms with E-state index in [1.54, 1.807) is 6.08 Å². The van der Waals surface area contributed by atoms with Crippen LogP contribution in [0.25, 0.3) is 16.8 Å². The number of rotatable bonds is 8. The van der Waals surface area contributed by atoms with Gasteiger partial charge in [-0.15, -0.1) is 0 Å². The zero-order valence-corrected chi connectivity index (χ0v) is 15.4. The van der Waals surface area contributed by atoms with Gasteiger partial charge in [0.2, 0.25) is 0 Å². The van der Waals surface area contributed by atoms with E-state index in [9.17, 15) is 14.4 Å². The molecule has 0 radical (unpaired) electrons. The first-order valence-corrected chi connectivity index (χ1v) is 9.47. The summed E-state index contributed by atoms with van der Waals surface area (Å²) in [5, 5.41) is 12.4. The lowest BCUT2D eigenvalue weighted by molar-refractivity contribution is -0.137. The van der Waals surface area contributed by atoms with E-state index in [4.69, 9.17) is 9.84 Å². The maximum absolute atomic E-state index is 11.8. The Balaban J connectivity index is 1.73. The molecule has 2 aromatic carbocycles. The van der Waals surface area contributed by atoms with Crippen molar-refractivity contribution in [3.05, 3.63) is 46.9 Å². The predicted octanol–water partition coefficient (Wildman–Crippen LogP) is 4.19. The van der Waals surface area contributed by atoms with Crippen LogP contribution in [0.5, 0.6) is 5.75 Å². The van der Waals surface area contributed by atoms with Crippen molar-refractivity contribution >= 4 is 45.7 Å². The minimum Gasteiger partial charge on any atom is -0.493 e. The molecule has 2 aromatic rings. The average molecular weight is 385 g/mol. The molecule has 0 atom stereocenters. The van der Waals surface area contributed by atoms with Crippen LogP contribution in [0.4, 0.5) is 4.79 Å². The first kappa shape index (κ1) is 19.0. The molecule has 140 valence electrons. The van der Waals surface area contributed by atoms with Crippen molar-refractivity contribution in [2.24, 2.45) is 0 Å². The molecule has 2 amide bonds. The van der Waals surface area contributed by atoms with Gasteiger partial charge in [0.1, 0.15) is 5.75 Å². The first-order valence-electron chi connectivity index (χ1n) is 8.66. The van der Waals surface area contributed by atoms with Crippen molar-refractivity contribution < 1.29 is 24.2 Å². The molecule has 0 saturated carbocycles. The molecule has 6 nitrogen and oxygen atoms in total. The predicted molar refractivity (Wildman–Crippen MR) is 105 cm³/mol. The number of nitrogens with one attached hydrogen (secondary N) is 1. The number of ether oxygens (including phenoxy) is 1. The number of fused-ring (bicyclic) bond motifs is 1. The lowest BCUT2D eigenvalue weighted by Crippen LogP contribution is -2.17. The highest BCUT2D eigenvalue weighted by Gasteiger charge is 2.25. The fraction of sp³-hybridized carbons (Fsp3) is 0.250. The van der Waals surface area contributed by atoms with Crippen molar-refractivity contribution in [2.45, 2.75) is 25.7 Å². The van der Waals surface area contributed by atoms with Gasteiger partial charge in [-0.2, -0.15) is 0 Å². The molecule has 0 bridgehead atoms. The summed E-state index contributed by atoms with van der Waals surface area (Å²) in [5.41, 5.74) is 0.840. The summed E-state index contributed by atoms with van der Waals surface area (Å²) in [6.45, 7) is 0.511. The van der Waals surface area contributed by atoms with Crippen LogP contribution in [-0.2, 0) is 9.59 Å². The SMILES string of the molecule is O=C(O)CCCCCOc1ccc(C=C2SC(=O)NC2=O)c2ccccc12. The molecule has 1 aliphatic heterocycles. The van der Waals surface area contributed by atoms with Gasteiger partial charge in [-0.1, -0.05) is 30.3 Å². The van der Waals surface area contributed by atoms with Gasteiger partial charge in [0.25, 0.3) is 11.1 Å². The van der Waals surface area contributed by atoms with E-state index in [0.717, 1.165) is 46.7 Å². The number of amides is 2. The van der Waals surface area contributed by atoms with Crippen molar-refractivity contribution in [1.29, 1.82) is 0 Å². The number of unbranched alkanes of at least 4 members (excludes halogenated alkanes) is 2. The Bertz CT molecular complexity index is 922. The van der Waals surface area contributed by atoms with Gasteiger partial charge < -0.3 is 9.84 Å². The number of carboxylic acid groups (broad SMARTS) is 1. The Morgan fingerprint density at radius 2 is 1.85 bits per heavy atom. The van der Waals surface area contributed by atoms with E-state index in [2.05, 4.69) is 5.32 Å². The van der Waals surface area contributed by atoms with Crippen LogP contribution < -0.4 is 10.1 Å². The van der Waals surface area contributed by atoms with Gasteiger partial charge in [0.15, 0.2) is 0 Å². The van der Waals surface area contributed by atoms with Crippen LogP contribution in [0.15, 0.2) is 41.3 Å². The van der Waals surface area contributed by atoms with Crippen LogP contribution in [-0.4, -0.2) is 28.8 Å². The molecule has 0 aromatic heterocycles. The molecular weight excluding hydrogens is 366 g/mol. The molecule has 0 aliphatic carbocycles. The second kappa shape index (κ2) is 8.73. The van der Waals surface area contributed by atoms with Crippen molar-refractivity contribution in [2.75, 3.05) is 6.61 Å². The zero-order chi connectivity index (χ0) is 19.2. The summed E-state index contributed by atoms with van der Waals surface area (Å²) in [4.78, 5) is 34.0. The monoisotopic (exact) mass is 385 g/mol. The maximum Gasteiger partial charge on any atom is 0.303 e. The Morgan fingerprint density at radius 3 is 2.56 bits per heavy atom. The first-order chi connectivity index (χ1) is 13.0. The van der Waals surface area contributed by atoms with Crippen molar-refractivity contribution in [3.8, 4) is 5.75 Å². The molecule has 2 N–H and O–H groups in total. The van der Waals surface area contributed by atoms with Crippen molar-refractivity contribution in [3.63, 3.8) is 0 Å². The Morgan fingerprint density at radius 1 is 1.07 bits per heavy atom. The summed E-state index contributed by atoms with van der Waals surface area (Å²) in [5.74, 6) is -0.413. The van der Waals surface area contributed by atoms with Gasteiger partial charge in [0, 0.05) is 11.8 Å². The second-order valence-electron chi connectivity index (χ2n) is 6.10. The lowest BCUT2D eigenvalue weighted by Gasteiger charge is -2.11. The van der Waals surface area contributed by atoms with E-state index in [1.165, 1.54) is 0 Å². The average Bonchev–Trinajstić information content (AvgIpc) is 2.96. The maximum atomic E-state index is 11.8. The van der Waals surface area contributed by atoms with Gasteiger partial charge >= 0.3 is 5.97 Å². The Labute approximate surface area is 160 Å². The summed E-state index contributed by atoms with van der Waals surface area (Å²) >= 11 is 0.893. The third kappa shape index (κ3) is 4.89. The molecule has 1 fully saturated rings. The third-order valence-corrected chi connectivity index (χ3v) is 4.95. The number of thioether (sulfide) groups is 1. The fourth-order valence-corrected chi connectivity index (χ4v) is 3.52. The molecule has 0 spiro atoms. The minimum absolute atomic E-state index is 0.181. The number of carbonyl (C=O) groups is 3. The zero-order valence-electron chi connectivity index (χ0n) is 14.6. The number of hydrogen-bond donors (Lipinski definition) is 2. The van der Waals surface area contributed by atoms with Crippen LogP contribution in [0.2, 0.25) is 0 Å². The van der Waals surface area contributed by atoms with Gasteiger partial charge in [-0.05, 0) is 54.1 Å². The van der Waals surface area contributed by atoms with Crippen LogP contribution in [0, 0.1) is 0 Å². The van der Waals surface area contributed by atoms with Gasteiger partial charge in [-0.25, -0.2) is 0 Å². The molecule has 3 rings (SSSR count). The summed E-state index contributed by atoms with van der Waals surface area (Å²) in [6, 6.07) is 11.4. The molecular formula is C20H19NO5S. The van der Waals surface area contributed by atoms with E-state index in [0.29, 0.717) is 17.9 Å². The molecule has 1 aliphatic rings. The van der Waals surface area contributed by atoms with Crippen molar-refractivity contribution in [1.82, 2.24) is 5.32 Å². The van der Waals surface area contributed by atoms with Crippen LogP contribution in [0.1, 0.15) is 31.2 Å². The summed E-state index contributed by atoms with van der Waals surface area (Å²) in [6.07, 6.45) is 4.12. The highest BCUT2D eigenvalue weighted by molar-refractivity contribution is 8.18. The molecule has 1 heterocycles. The summed E-state index contributed by atoms with van der Waals surface area (Å²) < 4.78 is 5.88. The highest BCUT2D eigenvalue weighted by Crippen LogP contribution is 2.32. The van der Waals surface area contributed by atoms with E-state index >= 15 is 0 Å². The molecule has 7 heteroatoms. The Kier molecular flexibility index (Phi) is 6.13. The largest absolute Gasteiger partial charge is 0.493 e. The molecule has 1 saturated heterocycles. The second-order valence-corrected chi connectivity index (χ2v) is 7.12. The van der Waals surface area contributed by atoms with Gasteiger partial charge in [-0.3, -0.25) is 19.7 Å². The van der Waals surface area contributed by atoms with Crippen LogP contribution in [0.3, 0.4) is 0 Å². The van der Waals surface area contributed by atoms with E-state index in [-0.39, 0.29) is 17.6 Å². The normalized spacial score (nSPS) is 15.3. The Hall–Kier alpha value is -2.80. The fourth-order valence-electron chi connectivity index (χ4n) is 2.85. The van der Waals surface area contributed by atoms with Crippen LogP contribution >= 0.6 is 11.8 Å². The van der Waals surface area contributed by atoms with Gasteiger partial charge in [0.05, 0.1) is 11.5 Å². The molecule has 27 heavy (non-hydrogen) atoms. The number of benzene rings is 2. The quantitative estimate of drug-likeness (QED) is 0.523. The lowest BCUT2D eigenvalue weighted by atomic mass is 10.0. The number of imide groups is 1. The number of hydrogen-bond acceptors (Lipinski definition) is 5. The van der Waals surface area contributed by atoms with E-state index < -0.39 is 5.97 Å². The highest BCUT2D eigenvalue weighted by atomic mass is 32.2. The third-order valence-electron chi connectivity index (χ3n) is 4.14. The van der Waals surface area contributed by atoms with E-state index in [1.807, 2.05) is 36.4 Å². The topological polar surface area (TPSA) is 92.7 Å². The minimum atomic E-state index is -0.776. The molecule has 0 unspecified atom stereocenters. The summed E-state index contributed by atoms with van der Waals surface area (Å²) in [7, 11) is 0. The smallest absolute Gasteiger partial charge is 0.303 e.